The summed E-state index contributed by atoms with van der Waals surface area (Å²) in [6.45, 7) is 4.23. The van der Waals surface area contributed by atoms with Gasteiger partial charge in [-0.05, 0) is 37.6 Å². The smallest absolute Gasteiger partial charge is 0.369 e. The van der Waals surface area contributed by atoms with Gasteiger partial charge in [0.05, 0.1) is 5.56 Å². The van der Waals surface area contributed by atoms with E-state index in [0.717, 1.165) is 25.8 Å². The number of hydrogen-bond acceptors (Lipinski definition) is 2. The molecule has 2 rings (SSSR count). The summed E-state index contributed by atoms with van der Waals surface area (Å²) in [6, 6.07) is 4.67. The zero-order valence-corrected chi connectivity index (χ0v) is 13.6. The van der Waals surface area contributed by atoms with Crippen LogP contribution in [0.2, 0.25) is 0 Å². The maximum Gasteiger partial charge on any atom is 0.418 e. The van der Waals surface area contributed by atoms with E-state index in [1.165, 1.54) is 6.07 Å². The standard InChI is InChI=1S/C15H20BrF3N2/c1-2-4-12-10-21(8-3-7-20-12)14-6-5-11(16)9-13(14)15(17,18)19/h5-6,9,12,20H,2-4,7-8,10H2,1H3. The SMILES string of the molecule is CCCC1CN(c2ccc(Br)cc2C(F)(F)F)CCCN1. The summed E-state index contributed by atoms with van der Waals surface area (Å²) in [4.78, 5) is 1.87. The molecule has 6 heteroatoms. The van der Waals surface area contributed by atoms with E-state index in [9.17, 15) is 13.2 Å². The summed E-state index contributed by atoms with van der Waals surface area (Å²) in [5.74, 6) is 0. The van der Waals surface area contributed by atoms with Crippen molar-refractivity contribution in [2.75, 3.05) is 24.5 Å². The Hall–Kier alpha value is -0.750. The predicted octanol–water partition coefficient (Wildman–Crippen LogP) is 4.44. The molecule has 1 aliphatic heterocycles. The first kappa shape index (κ1) is 16.6. The second-order valence-electron chi connectivity index (χ2n) is 5.40. The molecular formula is C15H20BrF3N2. The summed E-state index contributed by atoms with van der Waals surface area (Å²) < 4.78 is 40.3. The van der Waals surface area contributed by atoms with Crippen molar-refractivity contribution in [3.8, 4) is 0 Å². The van der Waals surface area contributed by atoms with Crippen LogP contribution in [-0.4, -0.2) is 25.7 Å². The van der Waals surface area contributed by atoms with Gasteiger partial charge in [0.15, 0.2) is 0 Å². The molecule has 1 aromatic carbocycles. The molecule has 1 heterocycles. The summed E-state index contributed by atoms with van der Waals surface area (Å²) in [7, 11) is 0. The molecule has 0 spiro atoms. The van der Waals surface area contributed by atoms with Gasteiger partial charge in [-0.25, -0.2) is 0 Å². The molecule has 1 N–H and O–H groups in total. The quantitative estimate of drug-likeness (QED) is 0.852. The highest BCUT2D eigenvalue weighted by Crippen LogP contribution is 2.38. The van der Waals surface area contributed by atoms with Crippen molar-refractivity contribution in [2.24, 2.45) is 0 Å². The van der Waals surface area contributed by atoms with Crippen LogP contribution in [0.5, 0.6) is 0 Å². The van der Waals surface area contributed by atoms with Crippen molar-refractivity contribution < 1.29 is 13.2 Å². The number of halogens is 4. The molecule has 1 fully saturated rings. The van der Waals surface area contributed by atoms with Gasteiger partial charge in [-0.15, -0.1) is 0 Å². The lowest BCUT2D eigenvalue weighted by Gasteiger charge is -2.29. The third kappa shape index (κ3) is 4.36. The summed E-state index contributed by atoms with van der Waals surface area (Å²) in [6.07, 6.45) is -1.47. The van der Waals surface area contributed by atoms with Crippen LogP contribution in [0.25, 0.3) is 0 Å². The molecular weight excluding hydrogens is 345 g/mol. The minimum absolute atomic E-state index is 0.252. The topological polar surface area (TPSA) is 15.3 Å². The van der Waals surface area contributed by atoms with Crippen LogP contribution >= 0.6 is 15.9 Å². The van der Waals surface area contributed by atoms with Gasteiger partial charge in [-0.3, -0.25) is 0 Å². The van der Waals surface area contributed by atoms with E-state index in [2.05, 4.69) is 28.2 Å². The maximum atomic E-state index is 13.3. The van der Waals surface area contributed by atoms with Gasteiger partial charge >= 0.3 is 6.18 Å². The van der Waals surface area contributed by atoms with Crippen LogP contribution in [0.3, 0.4) is 0 Å². The molecule has 0 radical (unpaired) electrons. The lowest BCUT2D eigenvalue weighted by molar-refractivity contribution is -0.137. The van der Waals surface area contributed by atoms with E-state index in [4.69, 9.17) is 0 Å². The van der Waals surface area contributed by atoms with Gasteiger partial charge in [0.1, 0.15) is 0 Å². The largest absolute Gasteiger partial charge is 0.418 e. The van der Waals surface area contributed by atoms with Crippen LogP contribution in [0.1, 0.15) is 31.7 Å². The number of nitrogens with zero attached hydrogens (tertiary/aromatic N) is 1. The molecule has 1 aromatic rings. The van der Waals surface area contributed by atoms with Gasteiger partial charge in [-0.1, -0.05) is 29.3 Å². The molecule has 0 bridgehead atoms. The van der Waals surface area contributed by atoms with Crippen LogP contribution in [0, 0.1) is 0 Å². The highest BCUT2D eigenvalue weighted by Gasteiger charge is 2.35. The second-order valence-corrected chi connectivity index (χ2v) is 6.31. The van der Waals surface area contributed by atoms with E-state index >= 15 is 0 Å². The first-order valence-corrected chi connectivity index (χ1v) is 8.06. The van der Waals surface area contributed by atoms with Crippen LogP contribution in [-0.2, 0) is 6.18 Å². The maximum absolute atomic E-state index is 13.3. The van der Waals surface area contributed by atoms with E-state index in [0.29, 0.717) is 17.6 Å². The van der Waals surface area contributed by atoms with Gasteiger partial charge in [0, 0.05) is 29.3 Å². The van der Waals surface area contributed by atoms with E-state index in [-0.39, 0.29) is 11.7 Å². The normalized spacial score (nSPS) is 20.4. The third-order valence-electron chi connectivity index (χ3n) is 3.72. The average molecular weight is 365 g/mol. The predicted molar refractivity (Wildman–Crippen MR) is 82.7 cm³/mol. The number of benzene rings is 1. The monoisotopic (exact) mass is 364 g/mol. The van der Waals surface area contributed by atoms with Crippen molar-refractivity contribution in [3.63, 3.8) is 0 Å². The zero-order valence-electron chi connectivity index (χ0n) is 12.0. The van der Waals surface area contributed by atoms with Crippen molar-refractivity contribution >= 4 is 21.6 Å². The Morgan fingerprint density at radius 2 is 2.14 bits per heavy atom. The molecule has 118 valence electrons. The van der Waals surface area contributed by atoms with Crippen molar-refractivity contribution in [1.82, 2.24) is 5.32 Å². The molecule has 1 aliphatic rings. The number of rotatable bonds is 3. The average Bonchev–Trinajstić information content (AvgIpc) is 2.64. The van der Waals surface area contributed by atoms with Crippen molar-refractivity contribution in [3.05, 3.63) is 28.2 Å². The minimum Gasteiger partial charge on any atom is -0.369 e. The Morgan fingerprint density at radius 3 is 2.81 bits per heavy atom. The molecule has 0 aromatic heterocycles. The summed E-state index contributed by atoms with van der Waals surface area (Å²) in [5, 5.41) is 3.42. The fraction of sp³-hybridized carbons (Fsp3) is 0.600. The van der Waals surface area contributed by atoms with Gasteiger partial charge < -0.3 is 10.2 Å². The van der Waals surface area contributed by atoms with Gasteiger partial charge in [-0.2, -0.15) is 13.2 Å². The molecule has 0 aliphatic carbocycles. The Morgan fingerprint density at radius 1 is 1.38 bits per heavy atom. The second kappa shape index (κ2) is 7.01. The molecule has 0 saturated carbocycles. The van der Waals surface area contributed by atoms with Gasteiger partial charge in [0.25, 0.3) is 0 Å². The highest BCUT2D eigenvalue weighted by molar-refractivity contribution is 9.10. The summed E-state index contributed by atoms with van der Waals surface area (Å²) >= 11 is 3.13. The molecule has 1 unspecified atom stereocenters. The number of anilines is 1. The molecule has 1 saturated heterocycles. The zero-order chi connectivity index (χ0) is 15.5. The van der Waals surface area contributed by atoms with Crippen LogP contribution in [0.15, 0.2) is 22.7 Å². The Balaban J connectivity index is 2.31. The van der Waals surface area contributed by atoms with Crippen LogP contribution < -0.4 is 10.2 Å². The third-order valence-corrected chi connectivity index (χ3v) is 4.21. The van der Waals surface area contributed by atoms with Crippen LogP contribution in [0.4, 0.5) is 18.9 Å². The first-order valence-electron chi connectivity index (χ1n) is 7.27. The lowest BCUT2D eigenvalue weighted by atomic mass is 10.1. The molecule has 21 heavy (non-hydrogen) atoms. The fourth-order valence-electron chi connectivity index (χ4n) is 2.77. The minimum atomic E-state index is -4.33. The molecule has 2 nitrogen and oxygen atoms in total. The lowest BCUT2D eigenvalue weighted by Crippen LogP contribution is -2.38. The molecule has 0 amide bonds. The van der Waals surface area contributed by atoms with E-state index in [1.807, 2.05) is 4.90 Å². The van der Waals surface area contributed by atoms with Gasteiger partial charge in [0.2, 0.25) is 0 Å². The van der Waals surface area contributed by atoms with Crippen molar-refractivity contribution in [2.45, 2.75) is 38.4 Å². The highest BCUT2D eigenvalue weighted by atomic mass is 79.9. The van der Waals surface area contributed by atoms with E-state index in [1.54, 1.807) is 12.1 Å². The fourth-order valence-corrected chi connectivity index (χ4v) is 3.13. The number of alkyl halides is 3. The number of hydrogen-bond donors (Lipinski definition) is 1. The summed E-state index contributed by atoms with van der Waals surface area (Å²) in [5.41, 5.74) is -0.274. The Kier molecular flexibility index (Phi) is 5.54. The molecule has 1 atom stereocenters. The Bertz CT molecular complexity index is 476. The Labute approximate surface area is 131 Å². The van der Waals surface area contributed by atoms with E-state index < -0.39 is 11.7 Å². The van der Waals surface area contributed by atoms with Crippen molar-refractivity contribution in [1.29, 1.82) is 0 Å². The first-order chi connectivity index (χ1) is 9.91. The number of nitrogens with one attached hydrogen (secondary N) is 1.